The molecule has 9 nitrogen and oxygen atoms in total. The summed E-state index contributed by atoms with van der Waals surface area (Å²) in [5, 5.41) is 23.4. The van der Waals surface area contributed by atoms with Crippen molar-refractivity contribution < 1.29 is 38.5 Å². The Morgan fingerprint density at radius 1 is 1.06 bits per heavy atom. The standard InChI is InChI=1S/C36H56Cl3NO8SSi/c1-11-50(12-2,13-3)48-30(20-31(42)43)35(9,10)33(44)26(7)32(47-34(45)46-22-36(37,38)39)24(5)16-14-15-23(4)17-18-29(41)25(6)19-28-21-49-27(8)40-28/h14-15,17,19,21,24,26,29-30,32,41H,11-13,16,18,20,22H2,1-10H3,(H,42,43)/b15-14+,23-17?,25-19?. The molecule has 0 fully saturated rings. The molecule has 14 heteroatoms. The van der Waals surface area contributed by atoms with Gasteiger partial charge in [0.2, 0.25) is 3.79 Å². The number of allylic oxidation sites excluding steroid dienone is 3. The number of alkyl halides is 3. The van der Waals surface area contributed by atoms with E-state index in [2.05, 4.69) is 4.98 Å². The molecule has 1 rings (SSSR count). The Labute approximate surface area is 318 Å². The summed E-state index contributed by atoms with van der Waals surface area (Å²) in [5.74, 6) is -2.60. The number of carboxylic acids is 1. The van der Waals surface area contributed by atoms with Crippen LogP contribution in [0.5, 0.6) is 0 Å². The lowest BCUT2D eigenvalue weighted by Gasteiger charge is -2.42. The molecule has 0 saturated carbocycles. The largest absolute Gasteiger partial charge is 0.508 e. The van der Waals surface area contributed by atoms with Crippen molar-refractivity contribution in [2.24, 2.45) is 17.3 Å². The van der Waals surface area contributed by atoms with Crippen LogP contribution in [0.4, 0.5) is 4.79 Å². The van der Waals surface area contributed by atoms with Crippen molar-refractivity contribution >= 4 is 78.4 Å². The number of aliphatic hydroxyl groups is 1. The van der Waals surface area contributed by atoms with Gasteiger partial charge >= 0.3 is 12.1 Å². The summed E-state index contributed by atoms with van der Waals surface area (Å²) in [6.07, 6.45) is 4.53. The molecule has 50 heavy (non-hydrogen) atoms. The number of carbonyl (C=O) groups is 3. The Hall–Kier alpha value is -1.73. The van der Waals surface area contributed by atoms with Crippen molar-refractivity contribution in [1.29, 1.82) is 0 Å². The lowest BCUT2D eigenvalue weighted by molar-refractivity contribution is -0.146. The highest BCUT2D eigenvalue weighted by molar-refractivity contribution is 7.09. The zero-order valence-electron chi connectivity index (χ0n) is 31.1. The Kier molecular flexibility index (Phi) is 19.5. The lowest BCUT2D eigenvalue weighted by atomic mass is 9.73. The van der Waals surface area contributed by atoms with Gasteiger partial charge in [0.1, 0.15) is 18.5 Å². The maximum Gasteiger partial charge on any atom is 0.508 e. The summed E-state index contributed by atoms with van der Waals surface area (Å²) in [7, 11) is -2.30. The predicted octanol–water partition coefficient (Wildman–Crippen LogP) is 10.1. The maximum atomic E-state index is 14.3. The number of hydrogen-bond donors (Lipinski definition) is 2. The molecule has 0 amide bonds. The number of thiazole rings is 1. The van der Waals surface area contributed by atoms with E-state index in [1.165, 1.54) is 0 Å². The van der Waals surface area contributed by atoms with Gasteiger partial charge in [-0.05, 0) is 69.3 Å². The number of rotatable bonds is 21. The lowest BCUT2D eigenvalue weighted by Crippen LogP contribution is -2.51. The minimum atomic E-state index is -2.30. The van der Waals surface area contributed by atoms with E-state index in [1.807, 2.05) is 78.2 Å². The number of aliphatic hydroxyl groups excluding tert-OH is 1. The van der Waals surface area contributed by atoms with Crippen molar-refractivity contribution in [2.75, 3.05) is 6.61 Å². The second-order valence-electron chi connectivity index (χ2n) is 13.6. The average molecular weight is 797 g/mol. The summed E-state index contributed by atoms with van der Waals surface area (Å²) in [4.78, 5) is 43.5. The Balaban J connectivity index is 3.24. The highest BCUT2D eigenvalue weighted by Gasteiger charge is 2.47. The highest BCUT2D eigenvalue weighted by atomic mass is 35.6. The van der Waals surface area contributed by atoms with Gasteiger partial charge in [0.25, 0.3) is 0 Å². The molecule has 1 heterocycles. The van der Waals surface area contributed by atoms with Crippen molar-refractivity contribution in [1.82, 2.24) is 4.98 Å². The molecule has 1 aromatic heterocycles. The van der Waals surface area contributed by atoms with E-state index < -0.39 is 60.5 Å². The highest BCUT2D eigenvalue weighted by Crippen LogP contribution is 2.38. The molecular weight excluding hydrogens is 741 g/mol. The molecule has 0 aromatic carbocycles. The first kappa shape index (κ1) is 46.3. The third kappa shape index (κ3) is 15.5. The van der Waals surface area contributed by atoms with Crippen LogP contribution in [0.15, 0.2) is 34.8 Å². The quantitative estimate of drug-likeness (QED) is 0.0540. The van der Waals surface area contributed by atoms with Crippen molar-refractivity contribution in [3.63, 3.8) is 0 Å². The minimum absolute atomic E-state index is 0.300. The number of aryl methyl sites for hydroxylation is 1. The van der Waals surface area contributed by atoms with E-state index in [0.29, 0.717) is 12.8 Å². The van der Waals surface area contributed by atoms with E-state index in [9.17, 15) is 24.6 Å². The molecule has 284 valence electrons. The first-order chi connectivity index (χ1) is 23.1. The van der Waals surface area contributed by atoms with E-state index in [-0.39, 0.29) is 18.1 Å². The zero-order chi connectivity index (χ0) is 38.4. The van der Waals surface area contributed by atoms with E-state index >= 15 is 0 Å². The van der Waals surface area contributed by atoms with Crippen LogP contribution >= 0.6 is 46.1 Å². The van der Waals surface area contributed by atoms with Crippen LogP contribution in [0.3, 0.4) is 0 Å². The molecule has 0 saturated heterocycles. The van der Waals surface area contributed by atoms with Gasteiger partial charge in [0.15, 0.2) is 8.32 Å². The van der Waals surface area contributed by atoms with Crippen molar-refractivity contribution in [2.45, 2.75) is 129 Å². The van der Waals surface area contributed by atoms with Gasteiger partial charge in [-0.2, -0.15) is 0 Å². The Morgan fingerprint density at radius 3 is 2.16 bits per heavy atom. The topological polar surface area (TPSA) is 132 Å². The molecule has 2 N–H and O–H groups in total. The monoisotopic (exact) mass is 795 g/mol. The number of ketones is 1. The third-order valence-electron chi connectivity index (χ3n) is 9.27. The Bertz CT molecular complexity index is 1340. The number of aromatic nitrogens is 1. The number of hydrogen-bond acceptors (Lipinski definition) is 9. The first-order valence-electron chi connectivity index (χ1n) is 17.1. The van der Waals surface area contributed by atoms with Crippen LogP contribution < -0.4 is 0 Å². The summed E-state index contributed by atoms with van der Waals surface area (Å²) in [5.41, 5.74) is 1.33. The number of ether oxygens (including phenoxy) is 2. The van der Waals surface area contributed by atoms with Crippen LogP contribution in [0.1, 0.15) is 92.3 Å². The molecule has 0 radical (unpaired) electrons. The van der Waals surface area contributed by atoms with Crippen LogP contribution in [0.2, 0.25) is 18.1 Å². The van der Waals surface area contributed by atoms with Crippen LogP contribution in [0, 0.1) is 24.2 Å². The molecule has 0 aliphatic heterocycles. The fraction of sp³-hybridized carbons (Fsp3) is 0.667. The molecule has 1 aromatic rings. The molecule has 5 atom stereocenters. The number of nitrogens with zero attached hydrogens (tertiary/aromatic N) is 1. The molecular formula is C36H56Cl3NO8SSi. The number of aliphatic carboxylic acids is 1. The molecule has 5 unspecified atom stereocenters. The van der Waals surface area contributed by atoms with Gasteiger partial charge in [-0.1, -0.05) is 107 Å². The zero-order valence-corrected chi connectivity index (χ0v) is 35.1. The van der Waals surface area contributed by atoms with Crippen molar-refractivity contribution in [3.8, 4) is 0 Å². The summed E-state index contributed by atoms with van der Waals surface area (Å²) in [6, 6.07) is 2.36. The average Bonchev–Trinajstić information content (AvgIpc) is 3.45. The molecule has 0 aliphatic rings. The van der Waals surface area contributed by atoms with Crippen LogP contribution in [-0.2, 0) is 23.5 Å². The Morgan fingerprint density at radius 2 is 1.66 bits per heavy atom. The smallest absolute Gasteiger partial charge is 0.481 e. The van der Waals surface area contributed by atoms with E-state index in [4.69, 9.17) is 48.7 Å². The van der Waals surface area contributed by atoms with Crippen LogP contribution in [-0.4, -0.2) is 70.1 Å². The number of carboxylic acid groups (broad SMARTS) is 1. The number of carbonyl (C=O) groups excluding carboxylic acids is 2. The molecule has 0 bridgehead atoms. The van der Waals surface area contributed by atoms with Crippen LogP contribution in [0.25, 0.3) is 6.08 Å². The second kappa shape index (κ2) is 21.1. The maximum absolute atomic E-state index is 14.3. The van der Waals surface area contributed by atoms with Gasteiger partial charge in [-0.3, -0.25) is 9.59 Å². The number of halogens is 3. The van der Waals surface area contributed by atoms with E-state index in [1.54, 1.807) is 32.1 Å². The normalized spacial score (nSPS) is 16.5. The second-order valence-corrected chi connectivity index (χ2v) is 21.9. The third-order valence-corrected chi connectivity index (χ3v) is 15.0. The summed E-state index contributed by atoms with van der Waals surface area (Å²) >= 11 is 18.8. The van der Waals surface area contributed by atoms with Gasteiger partial charge in [-0.15, -0.1) is 11.3 Å². The predicted molar refractivity (Wildman–Crippen MR) is 207 cm³/mol. The summed E-state index contributed by atoms with van der Waals surface area (Å²) in [6.45, 7) is 18.2. The SMILES string of the molecule is CC[Si](CC)(CC)OC(CC(=O)O)C(C)(C)C(=O)C(C)C(OC(=O)OCC(Cl)(Cl)Cl)C(C)C/C=C/C(C)=CCC(O)C(C)=Cc1csc(C)n1. The van der Waals surface area contributed by atoms with E-state index in [0.717, 1.165) is 40.0 Å². The minimum Gasteiger partial charge on any atom is -0.481 e. The molecule has 0 spiro atoms. The van der Waals surface area contributed by atoms with Gasteiger partial charge in [0.05, 0.1) is 35.2 Å². The van der Waals surface area contributed by atoms with Gasteiger partial charge < -0.3 is 24.1 Å². The van der Waals surface area contributed by atoms with Crippen molar-refractivity contribution in [3.05, 3.63) is 45.5 Å². The van der Waals surface area contributed by atoms with Gasteiger partial charge in [-0.25, -0.2) is 9.78 Å². The fourth-order valence-electron chi connectivity index (χ4n) is 5.73. The fourth-order valence-corrected chi connectivity index (χ4v) is 9.44. The summed E-state index contributed by atoms with van der Waals surface area (Å²) < 4.78 is 15.5. The number of Topliss-reactive ketones (excluding diaryl/α,β-unsaturated/α-hetero) is 1. The molecule has 0 aliphatic carbocycles. The van der Waals surface area contributed by atoms with Gasteiger partial charge in [0, 0.05) is 10.8 Å². The first-order valence-corrected chi connectivity index (χ1v) is 21.6.